The Morgan fingerprint density at radius 2 is 1.58 bits per heavy atom. The van der Waals surface area contributed by atoms with E-state index in [4.69, 9.17) is 0 Å². The minimum Gasteiger partial charge on any atom is -0.414 e. The van der Waals surface area contributed by atoms with E-state index in [1.807, 2.05) is 0 Å². The lowest BCUT2D eigenvalue weighted by atomic mass is 10.0. The summed E-state index contributed by atoms with van der Waals surface area (Å²) in [5, 5.41) is 0. The summed E-state index contributed by atoms with van der Waals surface area (Å²) in [4.78, 5) is 21.2. The summed E-state index contributed by atoms with van der Waals surface area (Å²) >= 11 is 0. The van der Waals surface area contributed by atoms with Gasteiger partial charge < -0.3 is 9.47 Å². The van der Waals surface area contributed by atoms with Crippen LogP contribution in [0.5, 0.6) is 0 Å². The zero-order chi connectivity index (χ0) is 15.3. The Hall–Kier alpha value is -1.39. The van der Waals surface area contributed by atoms with E-state index >= 15 is 0 Å². The zero-order valence-corrected chi connectivity index (χ0v) is 8.99. The zero-order valence-electron chi connectivity index (χ0n) is 8.99. The molecule has 19 heavy (non-hydrogen) atoms. The largest absolute Gasteiger partial charge is 0.465 e. The van der Waals surface area contributed by atoms with Crippen LogP contribution in [0.25, 0.3) is 0 Å². The van der Waals surface area contributed by atoms with E-state index in [9.17, 15) is 40.3 Å². The summed E-state index contributed by atoms with van der Waals surface area (Å²) in [5.74, 6) is -7.34. The third-order valence-corrected chi connectivity index (χ3v) is 2.26. The molecule has 1 atom stereocenters. The molecule has 0 aromatic heterocycles. The summed E-state index contributed by atoms with van der Waals surface area (Å²) in [6, 6.07) is -2.32. The molecule has 0 radical (unpaired) electrons. The number of carbonyl (C=O) groups excluding carboxylic acids is 2. The summed E-state index contributed by atoms with van der Waals surface area (Å²) in [5.41, 5.74) is -3.00. The van der Waals surface area contributed by atoms with Crippen LogP contribution in [-0.4, -0.2) is 35.7 Å². The van der Waals surface area contributed by atoms with E-state index in [1.165, 1.54) is 0 Å². The molecule has 0 amide bonds. The van der Waals surface area contributed by atoms with Crippen molar-refractivity contribution in [1.82, 2.24) is 0 Å². The number of ether oxygens (including phenoxy) is 2. The number of alkyl halides is 6. The summed E-state index contributed by atoms with van der Waals surface area (Å²) in [7, 11) is 0. The first-order valence-corrected chi connectivity index (χ1v) is 4.50. The third-order valence-electron chi connectivity index (χ3n) is 2.26. The number of hydrogen-bond acceptors (Lipinski definition) is 4. The van der Waals surface area contributed by atoms with E-state index in [0.29, 0.717) is 6.92 Å². The Balaban J connectivity index is 3.28. The van der Waals surface area contributed by atoms with Crippen molar-refractivity contribution in [3.05, 3.63) is 0 Å². The number of esters is 1. The maximum Gasteiger partial charge on any atom is 0.465 e. The molecular weight excluding hydrogens is 293 g/mol. The number of halogens is 7. The quantitative estimate of drug-likeness (QED) is 0.445. The summed E-state index contributed by atoms with van der Waals surface area (Å²) < 4.78 is 93.8. The molecule has 0 aromatic carbocycles. The van der Waals surface area contributed by atoms with Gasteiger partial charge in [-0.3, -0.25) is 4.79 Å². The monoisotopic (exact) mass is 298 g/mol. The molecule has 1 aliphatic rings. The molecule has 1 rings (SSSR count). The predicted molar refractivity (Wildman–Crippen MR) is 41.2 cm³/mol. The van der Waals surface area contributed by atoms with Crippen LogP contribution in [0.1, 0.15) is 13.3 Å². The Bertz CT molecular complexity index is 398. The molecule has 1 saturated heterocycles. The van der Waals surface area contributed by atoms with Gasteiger partial charge in [0.1, 0.15) is 0 Å². The highest BCUT2D eigenvalue weighted by atomic mass is 19.4. The molecule has 110 valence electrons. The lowest BCUT2D eigenvalue weighted by Gasteiger charge is -2.31. The van der Waals surface area contributed by atoms with Gasteiger partial charge in [-0.05, 0) is 6.92 Å². The fraction of sp³-hybridized carbons (Fsp3) is 0.750. The first-order valence-electron chi connectivity index (χ1n) is 4.50. The lowest BCUT2D eigenvalue weighted by Crippen LogP contribution is -2.58. The maximum absolute atomic E-state index is 12.5. The van der Waals surface area contributed by atoms with E-state index in [2.05, 4.69) is 9.47 Å². The fourth-order valence-corrected chi connectivity index (χ4v) is 1.38. The molecule has 0 spiro atoms. The van der Waals surface area contributed by atoms with E-state index < -0.39 is 42.2 Å². The van der Waals surface area contributed by atoms with Crippen molar-refractivity contribution >= 4 is 12.0 Å². The van der Waals surface area contributed by atoms with Crippen molar-refractivity contribution in [3.63, 3.8) is 0 Å². The van der Waals surface area contributed by atoms with Crippen LogP contribution in [0.2, 0.25) is 0 Å². The van der Waals surface area contributed by atoms with Gasteiger partial charge in [0.25, 0.3) is 0 Å². The van der Waals surface area contributed by atoms with Crippen molar-refractivity contribution in [3.8, 4) is 0 Å². The molecule has 0 N–H and O–H groups in total. The van der Waals surface area contributed by atoms with Crippen LogP contribution < -0.4 is 0 Å². The van der Waals surface area contributed by atoms with E-state index in [1.54, 1.807) is 0 Å². The van der Waals surface area contributed by atoms with Crippen molar-refractivity contribution in [2.45, 2.75) is 37.1 Å². The Morgan fingerprint density at radius 3 is 1.84 bits per heavy atom. The van der Waals surface area contributed by atoms with Gasteiger partial charge in [0, 0.05) is 0 Å². The second-order valence-corrected chi connectivity index (χ2v) is 3.87. The minimum absolute atomic E-state index is 0.395. The van der Waals surface area contributed by atoms with Gasteiger partial charge in [-0.1, -0.05) is 0 Å². The molecule has 0 saturated carbocycles. The van der Waals surface area contributed by atoms with Crippen LogP contribution in [0.4, 0.5) is 30.7 Å². The van der Waals surface area contributed by atoms with Crippen molar-refractivity contribution in [2.24, 2.45) is 0 Å². The topological polar surface area (TPSA) is 52.6 Å². The second-order valence-electron chi connectivity index (χ2n) is 3.87. The molecule has 1 aliphatic heterocycles. The van der Waals surface area contributed by atoms with Crippen molar-refractivity contribution in [2.75, 3.05) is 0 Å². The highest BCUT2D eigenvalue weighted by Gasteiger charge is 2.82. The van der Waals surface area contributed by atoms with Crippen molar-refractivity contribution < 1.29 is 49.8 Å². The Morgan fingerprint density at radius 1 is 1.16 bits per heavy atom. The molecule has 0 unspecified atom stereocenters. The van der Waals surface area contributed by atoms with Crippen LogP contribution in [-0.2, 0) is 19.1 Å². The van der Waals surface area contributed by atoms with Gasteiger partial charge >= 0.3 is 30.1 Å². The molecule has 0 bridgehead atoms. The normalized spacial score (nSPS) is 27.3. The SMILES string of the molecule is C[C@@]1(CC(=O)F)OC(C(F)(F)F)(C(F)(F)F)OC1=O. The molecule has 0 aliphatic carbocycles. The highest BCUT2D eigenvalue weighted by molar-refractivity contribution is 5.86. The second kappa shape index (κ2) is 4.05. The number of cyclic esters (lactones) is 1. The van der Waals surface area contributed by atoms with Crippen LogP contribution in [0.3, 0.4) is 0 Å². The van der Waals surface area contributed by atoms with Gasteiger partial charge in [-0.15, -0.1) is 0 Å². The Kier molecular flexibility index (Phi) is 3.34. The number of carbonyl (C=O) groups is 2. The molecule has 1 fully saturated rings. The fourth-order valence-electron chi connectivity index (χ4n) is 1.38. The minimum atomic E-state index is -6.14. The predicted octanol–water partition coefficient (Wildman–Crippen LogP) is 2.03. The summed E-state index contributed by atoms with van der Waals surface area (Å²) in [6.07, 6.45) is -13.9. The van der Waals surface area contributed by atoms with Gasteiger partial charge in [-0.25, -0.2) is 4.79 Å². The number of hydrogen-bond donors (Lipinski definition) is 0. The van der Waals surface area contributed by atoms with Gasteiger partial charge in [0.05, 0.1) is 6.42 Å². The maximum atomic E-state index is 12.5. The smallest absolute Gasteiger partial charge is 0.414 e. The van der Waals surface area contributed by atoms with Crippen LogP contribution in [0, 0.1) is 0 Å². The average Bonchev–Trinajstić information content (AvgIpc) is 2.36. The van der Waals surface area contributed by atoms with E-state index in [-0.39, 0.29) is 0 Å². The molecule has 11 heteroatoms. The van der Waals surface area contributed by atoms with Gasteiger partial charge in [-0.2, -0.15) is 30.7 Å². The number of rotatable bonds is 2. The average molecular weight is 298 g/mol. The first kappa shape index (κ1) is 15.7. The molecule has 4 nitrogen and oxygen atoms in total. The van der Waals surface area contributed by atoms with Crippen LogP contribution in [0.15, 0.2) is 0 Å². The standard InChI is InChI=1S/C8H5F7O4/c1-5(2-3(9)16)4(17)18-6(19-5,7(10,11)12)8(13,14)15/h2H2,1H3/t5-/m0/s1. The Labute approximate surface area is 100.0 Å². The lowest BCUT2D eigenvalue weighted by molar-refractivity contribution is -0.444. The van der Waals surface area contributed by atoms with E-state index in [0.717, 1.165) is 0 Å². The molecule has 1 heterocycles. The first-order chi connectivity index (χ1) is 8.25. The molecule has 0 aromatic rings. The summed E-state index contributed by atoms with van der Waals surface area (Å²) in [6.45, 7) is 0.395. The van der Waals surface area contributed by atoms with Crippen LogP contribution >= 0.6 is 0 Å². The van der Waals surface area contributed by atoms with Gasteiger partial charge in [0.15, 0.2) is 5.60 Å². The van der Waals surface area contributed by atoms with Crippen molar-refractivity contribution in [1.29, 1.82) is 0 Å². The third kappa shape index (κ3) is 2.38. The highest BCUT2D eigenvalue weighted by Crippen LogP contribution is 2.53. The van der Waals surface area contributed by atoms with Gasteiger partial charge in [0.2, 0.25) is 0 Å². The molecular formula is C8H5F7O4.